The number of aliphatic hydroxyl groups is 3. The van der Waals surface area contributed by atoms with Crippen LogP contribution in [-0.2, 0) is 28.4 Å². The SMILES string of the molecule is CC[C@@]1(CN=[N+]=[N-])O[C@@H](n2cc(I)c(=O)[nH]c2=O)[C@H](F)[C@@H]1C.CC[C@@]1(CN=[N+]=[N-])O[C@@H](n2ccc(=O)[nH]c2=O)[C@H](F)[C@@H]1C.C[C@H]1[C@@H](F)[C@H](n2ccc(=O)[nH]c2=O)O[C@@]1(CO)CN=[N+]=[N-].[2H]c1cn([C@@H]2O[C@@](CC)(CN=[N+]=[N-])[C@@H](C)[C@H]2F)c(=O)[nH]c1=N.[2H]c1cn([C@@H]2O[C@@](CC)(CN=[N+]=[N-])[C@@H](C)[C@H]2F)c(=O)[nH]c1=O.[N-]=[N+]=NC[C@]1(CO)O[C@@H](n2ccc(=O)[nH]c2=O)[C@H](F)[C@@H]1O. The molecule has 6 aliphatic rings. The Morgan fingerprint density at radius 1 is 0.394 bits per heavy atom. The van der Waals surface area contributed by atoms with Gasteiger partial charge in [-0.1, -0.05) is 93.0 Å². The van der Waals surface area contributed by atoms with E-state index in [4.69, 9.17) is 69.8 Å². The van der Waals surface area contributed by atoms with Crippen molar-refractivity contribution < 1.29 is 72.8 Å². The molecular weight excluding hydrogens is 1820 g/mol. The van der Waals surface area contributed by atoms with Crippen molar-refractivity contribution in [3.63, 3.8) is 0 Å². The van der Waals surface area contributed by atoms with Crippen LogP contribution in [0.15, 0.2) is 151 Å². The number of alkyl halides is 6. The van der Waals surface area contributed by atoms with Crippen LogP contribution >= 0.6 is 22.6 Å². The van der Waals surface area contributed by atoms with Crippen LogP contribution in [0.25, 0.3) is 62.7 Å². The number of aromatic nitrogens is 12. The van der Waals surface area contributed by atoms with Gasteiger partial charge in [-0.05, 0) is 87.5 Å². The van der Waals surface area contributed by atoms with E-state index in [0.29, 0.717) is 25.7 Å². The zero-order valence-corrected chi connectivity index (χ0v) is 70.9. The molecule has 6 aliphatic heterocycles. The number of aromatic amines is 6. The van der Waals surface area contributed by atoms with Crippen LogP contribution in [0.2, 0.25) is 0 Å². The molecule has 0 amide bonds. The van der Waals surface area contributed by atoms with Gasteiger partial charge in [-0.2, -0.15) is 0 Å². The highest BCUT2D eigenvalue weighted by molar-refractivity contribution is 14.1. The van der Waals surface area contributed by atoms with Crippen LogP contribution in [-0.4, -0.2) is 202 Å². The molecule has 6 aromatic rings. The summed E-state index contributed by atoms with van der Waals surface area (Å²) >= 11 is 1.76. The van der Waals surface area contributed by atoms with Gasteiger partial charge in [0.15, 0.2) is 74.4 Å². The number of nitrogens with one attached hydrogen (secondary N) is 7. The van der Waals surface area contributed by atoms with Crippen molar-refractivity contribution in [2.75, 3.05) is 52.5 Å². The minimum absolute atomic E-state index is 0.0177. The third kappa shape index (κ3) is 21.9. The molecule has 12 heterocycles. The first-order valence-electron chi connectivity index (χ1n) is 39.4. The maximum absolute atomic E-state index is 14.7. The smallest absolute Gasteiger partial charge is 0.330 e. The summed E-state index contributed by atoms with van der Waals surface area (Å²) in [5.74, 6) is -3.15. The average Bonchev–Trinajstić information content (AvgIpc) is 1.62. The summed E-state index contributed by atoms with van der Waals surface area (Å²) in [5.41, 5.74) is 35.0. The lowest BCUT2D eigenvalue weighted by Gasteiger charge is -2.30. The number of rotatable bonds is 24. The second-order valence-corrected chi connectivity index (χ2v) is 30.8. The van der Waals surface area contributed by atoms with E-state index < -0.39 is 231 Å². The van der Waals surface area contributed by atoms with Crippen LogP contribution in [0.3, 0.4) is 0 Å². The lowest BCUT2D eigenvalue weighted by Crippen LogP contribution is -2.48. The van der Waals surface area contributed by atoms with Crippen molar-refractivity contribution in [1.29, 1.82) is 5.41 Å². The van der Waals surface area contributed by atoms with E-state index in [-0.39, 0.29) is 47.8 Å². The summed E-state index contributed by atoms with van der Waals surface area (Å²) in [7, 11) is 0. The molecule has 0 unspecified atom stereocenters. The number of halogens is 7. The van der Waals surface area contributed by atoms with E-state index in [1.165, 1.54) is 19.3 Å². The van der Waals surface area contributed by atoms with Gasteiger partial charge in [-0.25, -0.2) is 55.1 Å². The van der Waals surface area contributed by atoms with Gasteiger partial charge >= 0.3 is 34.1 Å². The first-order chi connectivity index (χ1) is 60.9. The molecule has 0 bridgehead atoms. The van der Waals surface area contributed by atoms with Gasteiger partial charge < -0.3 is 43.7 Å². The van der Waals surface area contributed by atoms with Crippen LogP contribution in [0.5, 0.6) is 0 Å². The van der Waals surface area contributed by atoms with Crippen molar-refractivity contribution in [2.24, 2.45) is 60.3 Å². The number of nitrogens with zero attached hydrogens (tertiary/aromatic N) is 24. The lowest BCUT2D eigenvalue weighted by molar-refractivity contribution is -0.122. The lowest BCUT2D eigenvalue weighted by atomic mass is 9.85. The van der Waals surface area contributed by atoms with Crippen molar-refractivity contribution in [2.45, 2.75) is 202 Å². The van der Waals surface area contributed by atoms with Gasteiger partial charge in [-0.3, -0.25) is 86.7 Å². The highest BCUT2D eigenvalue weighted by Crippen LogP contribution is 2.50. The number of hydrogen-bond acceptors (Lipinski definition) is 27. The van der Waals surface area contributed by atoms with E-state index in [9.17, 15) is 94.4 Å². The van der Waals surface area contributed by atoms with Gasteiger partial charge in [0.2, 0.25) is 0 Å². The molecule has 10 N–H and O–H groups in total. The molecule has 51 nitrogen and oxygen atoms in total. The van der Waals surface area contributed by atoms with Crippen LogP contribution in [0, 0.1) is 38.6 Å². The predicted molar refractivity (Wildman–Crippen MR) is 438 cm³/mol. The summed E-state index contributed by atoms with van der Waals surface area (Å²) in [6, 6.07) is 2.46. The van der Waals surface area contributed by atoms with Crippen molar-refractivity contribution in [3.8, 4) is 0 Å². The quantitative estimate of drug-likeness (QED) is 0.0116. The number of aliphatic hydroxyl groups excluding tert-OH is 3. The molecular formula is C69H90F6IN31O20. The maximum Gasteiger partial charge on any atom is 0.330 e. The van der Waals surface area contributed by atoms with Crippen LogP contribution in [0.4, 0.5) is 26.3 Å². The Hall–Kier alpha value is -12.1. The van der Waals surface area contributed by atoms with E-state index in [1.54, 1.807) is 78.0 Å². The number of hydrogen-bond donors (Lipinski definition) is 10. The minimum atomic E-state index is -2.06. The standard InChI is InChI=1S/C12H15FIN5O3.C12H17FN6O2.2C12H16FN5O3.C11H14FN5O4.C10H12FN5O5/c1-3-12(5-16-18-15)6(2)8(13)10(22-12)19-4-7(14)9(20)17-11(19)21;1-3-12(6-16-18-15)7(2)9(13)10(21-12)19-5-4-8(14)17-11(19)20;2*1-3-12(6-15-17-14)7(2)9(13)10(21-12)18-5-4-8(19)16-11(18)20;1-6-8(12)9(17-3-2-7(19)15-10(17)20)21-11(6,5-18)4-14-16-13;11-6-7(19)10(4-17,3-13-15-12)21-8(6)16-2-1-5(18)14-9(16)20/h4,6,8,10H,3,5H2,1-2H3,(H,17,20,21);4-5,7,9-10H,3,6H2,1-2H3,(H2,14,17,20);2*4-5,7,9-10H,3,6H2,1-2H3,(H,16,19,20);2-3,6,8-9,18H,4-5H2,1H3,(H,15,19,20);1-2,6-8,17,19H,3-4H2,(H,14,18,20)/t6-,8+,10+,12-;3*7-,9+,10+,12-;6-,8+,9+,11+;6-,7+,8-,10-/m000001/s1/i;2*4D;;;. The minimum Gasteiger partial charge on any atom is -0.393 e. The second kappa shape index (κ2) is 43.9. The van der Waals surface area contributed by atoms with Crippen molar-refractivity contribution in [3.05, 3.63) is 254 Å². The summed E-state index contributed by atoms with van der Waals surface area (Å²) < 4.78 is 142. The topological polar surface area (TPSA) is 745 Å². The fourth-order valence-corrected chi connectivity index (χ4v) is 15.4. The molecule has 0 aromatic carbocycles. The van der Waals surface area contributed by atoms with E-state index in [0.717, 1.165) is 70.4 Å². The molecule has 0 aliphatic carbocycles. The molecule has 6 saturated heterocycles. The monoisotopic (exact) mass is 1920 g/mol. The molecule has 0 spiro atoms. The van der Waals surface area contributed by atoms with Gasteiger partial charge in [0.25, 0.3) is 27.8 Å². The van der Waals surface area contributed by atoms with Crippen molar-refractivity contribution >= 4 is 22.6 Å². The summed E-state index contributed by atoms with van der Waals surface area (Å²) in [6.07, 6.45) is -10.9. The molecule has 58 heteroatoms. The Kier molecular flexibility index (Phi) is 34.1. The van der Waals surface area contributed by atoms with Gasteiger partial charge in [-0.15, -0.1) is 0 Å². The Balaban J connectivity index is 0.000000212. The first kappa shape index (κ1) is 98.7. The van der Waals surface area contributed by atoms with E-state index >= 15 is 0 Å². The molecule has 690 valence electrons. The average molecular weight is 1920 g/mol. The highest BCUT2D eigenvalue weighted by atomic mass is 127. The Bertz CT molecular complexity index is 5530. The first-order valence-corrected chi connectivity index (χ1v) is 39.5. The van der Waals surface area contributed by atoms with Crippen molar-refractivity contribution in [1.82, 2.24) is 57.3 Å². The van der Waals surface area contributed by atoms with E-state index in [2.05, 4.69) is 75.1 Å². The normalized spacial score (nSPS) is 31.9. The molecule has 0 radical (unpaired) electrons. The summed E-state index contributed by atoms with van der Waals surface area (Å²) in [6.45, 7) is 12.9. The third-order valence-corrected chi connectivity index (χ3v) is 24.0. The summed E-state index contributed by atoms with van der Waals surface area (Å²) in [5, 5.41) is 56.5. The Morgan fingerprint density at radius 2 is 0.638 bits per heavy atom. The van der Waals surface area contributed by atoms with Gasteiger partial charge in [0, 0.05) is 120 Å². The molecule has 12 rings (SSSR count). The van der Waals surface area contributed by atoms with Gasteiger partial charge in [0.1, 0.15) is 22.8 Å². The number of H-pyrrole nitrogens is 6. The molecule has 127 heavy (non-hydrogen) atoms. The highest BCUT2D eigenvalue weighted by Gasteiger charge is 2.59. The number of ether oxygens (including phenoxy) is 6. The number of azide groups is 6. The third-order valence-electron chi connectivity index (χ3n) is 23.2. The summed E-state index contributed by atoms with van der Waals surface area (Å²) in [4.78, 5) is 155. The molecule has 24 atom stereocenters. The zero-order valence-electron chi connectivity index (χ0n) is 70.7. The Morgan fingerprint density at radius 3 is 0.953 bits per heavy atom. The fraction of sp³-hybridized carbons (Fsp3) is 0.652. The predicted octanol–water partition coefficient (Wildman–Crippen LogP) is 5.61. The largest absolute Gasteiger partial charge is 0.393 e. The second-order valence-electron chi connectivity index (χ2n) is 29.7. The zero-order chi connectivity index (χ0) is 96.3. The fourth-order valence-electron chi connectivity index (χ4n) is 15.0. The van der Waals surface area contributed by atoms with Crippen LogP contribution in [0.1, 0.15) is 128 Å². The maximum atomic E-state index is 14.7. The Labute approximate surface area is 723 Å². The molecule has 6 aromatic heterocycles. The van der Waals surface area contributed by atoms with E-state index in [1.807, 2.05) is 15.0 Å². The van der Waals surface area contributed by atoms with Gasteiger partial charge in [0.05, 0.1) is 81.2 Å². The van der Waals surface area contributed by atoms with Crippen LogP contribution < -0.4 is 67.4 Å². The molecule has 0 saturated carbocycles. The molecule has 6 fully saturated rings.